The number of rotatable bonds is 3. The van der Waals surface area contributed by atoms with Crippen LogP contribution in [0.25, 0.3) is 6.08 Å². The van der Waals surface area contributed by atoms with Crippen molar-refractivity contribution in [3.05, 3.63) is 40.5 Å². The number of fused-ring (bicyclic) bond motifs is 1. The molecule has 0 fully saturated rings. The van der Waals surface area contributed by atoms with E-state index in [0.29, 0.717) is 13.0 Å². The minimum absolute atomic E-state index is 0.115. The lowest BCUT2D eigenvalue weighted by atomic mass is 9.88. The van der Waals surface area contributed by atoms with Gasteiger partial charge in [-0.25, -0.2) is 0 Å². The molecule has 0 spiro atoms. The van der Waals surface area contributed by atoms with Crippen molar-refractivity contribution in [3.8, 4) is 0 Å². The van der Waals surface area contributed by atoms with Crippen LogP contribution in [0.4, 0.5) is 0 Å². The summed E-state index contributed by atoms with van der Waals surface area (Å²) in [6.07, 6.45) is 4.59. The van der Waals surface area contributed by atoms with Crippen LogP contribution in [0.2, 0.25) is 0 Å². The second-order valence-corrected chi connectivity index (χ2v) is 4.43. The lowest BCUT2D eigenvalue weighted by Gasteiger charge is -2.17. The van der Waals surface area contributed by atoms with E-state index in [2.05, 4.69) is 31.2 Å². The van der Waals surface area contributed by atoms with Gasteiger partial charge in [-0.15, -0.1) is 0 Å². The van der Waals surface area contributed by atoms with E-state index in [-0.39, 0.29) is 5.97 Å². The number of hydrogen-bond donors (Lipinski definition) is 0. The number of carbonyl (C=O) groups excluding carboxylic acids is 1. The standard InChI is InChI=1S/C15H18O2/c1-3-17-15(16)10-12-7-8-13-6-4-5-11(2)14(13)9-12/h4-6,9H,3,7-8,10H2,1-2H3. The molecule has 0 N–H and O–H groups in total. The number of benzene rings is 1. The van der Waals surface area contributed by atoms with E-state index in [4.69, 9.17) is 4.74 Å². The van der Waals surface area contributed by atoms with Gasteiger partial charge >= 0.3 is 5.97 Å². The lowest BCUT2D eigenvalue weighted by Crippen LogP contribution is -2.08. The zero-order valence-corrected chi connectivity index (χ0v) is 10.5. The third-order valence-corrected chi connectivity index (χ3v) is 3.16. The van der Waals surface area contributed by atoms with Crippen LogP contribution in [-0.2, 0) is 16.0 Å². The Labute approximate surface area is 102 Å². The fourth-order valence-corrected chi connectivity index (χ4v) is 2.27. The Morgan fingerprint density at radius 2 is 2.18 bits per heavy atom. The van der Waals surface area contributed by atoms with E-state index in [1.807, 2.05) is 6.92 Å². The van der Waals surface area contributed by atoms with Crippen LogP contribution in [0.3, 0.4) is 0 Å². The van der Waals surface area contributed by atoms with Crippen molar-refractivity contribution < 1.29 is 9.53 Å². The zero-order chi connectivity index (χ0) is 12.3. The zero-order valence-electron chi connectivity index (χ0n) is 10.5. The highest BCUT2D eigenvalue weighted by atomic mass is 16.5. The molecule has 0 saturated heterocycles. The Kier molecular flexibility index (Phi) is 3.62. The molecule has 0 aromatic heterocycles. The summed E-state index contributed by atoms with van der Waals surface area (Å²) in [6, 6.07) is 6.38. The molecule has 1 aromatic carbocycles. The molecule has 0 atom stereocenters. The van der Waals surface area contributed by atoms with Crippen LogP contribution in [-0.4, -0.2) is 12.6 Å². The SMILES string of the molecule is CCOC(=O)CC1=Cc2c(C)cccc2CC1. The summed E-state index contributed by atoms with van der Waals surface area (Å²) in [5.41, 5.74) is 5.14. The predicted molar refractivity (Wildman–Crippen MR) is 68.7 cm³/mol. The minimum atomic E-state index is -0.115. The first kappa shape index (κ1) is 11.9. The number of hydrogen-bond acceptors (Lipinski definition) is 2. The molecule has 0 unspecified atom stereocenters. The van der Waals surface area contributed by atoms with Crippen LogP contribution in [0.1, 0.15) is 36.5 Å². The van der Waals surface area contributed by atoms with Gasteiger partial charge in [0.05, 0.1) is 13.0 Å². The second kappa shape index (κ2) is 5.17. The fraction of sp³-hybridized carbons (Fsp3) is 0.400. The second-order valence-electron chi connectivity index (χ2n) is 4.43. The first-order valence-corrected chi connectivity index (χ1v) is 6.14. The van der Waals surface area contributed by atoms with E-state index < -0.39 is 0 Å². The first-order valence-electron chi connectivity index (χ1n) is 6.14. The summed E-state index contributed by atoms with van der Waals surface area (Å²) in [5.74, 6) is -0.115. The summed E-state index contributed by atoms with van der Waals surface area (Å²) >= 11 is 0. The van der Waals surface area contributed by atoms with Gasteiger partial charge in [-0.1, -0.05) is 29.8 Å². The van der Waals surface area contributed by atoms with E-state index in [0.717, 1.165) is 12.8 Å². The highest BCUT2D eigenvalue weighted by molar-refractivity contribution is 5.76. The van der Waals surface area contributed by atoms with Gasteiger partial charge in [0, 0.05) is 0 Å². The highest BCUT2D eigenvalue weighted by Gasteiger charge is 2.14. The minimum Gasteiger partial charge on any atom is -0.466 e. The molecule has 1 aliphatic rings. The maximum Gasteiger partial charge on any atom is 0.309 e. The van der Waals surface area contributed by atoms with Crippen LogP contribution in [0, 0.1) is 6.92 Å². The molecule has 1 aliphatic carbocycles. The molecule has 0 heterocycles. The summed E-state index contributed by atoms with van der Waals surface area (Å²) < 4.78 is 4.98. The molecule has 2 nitrogen and oxygen atoms in total. The summed E-state index contributed by atoms with van der Waals surface area (Å²) in [4.78, 5) is 11.4. The Morgan fingerprint density at radius 1 is 1.35 bits per heavy atom. The van der Waals surface area contributed by atoms with Crippen molar-refractivity contribution in [1.82, 2.24) is 0 Å². The first-order chi connectivity index (χ1) is 8.20. The molecule has 2 heteroatoms. The Morgan fingerprint density at radius 3 is 2.94 bits per heavy atom. The predicted octanol–water partition coefficient (Wildman–Crippen LogP) is 3.28. The fourth-order valence-electron chi connectivity index (χ4n) is 2.27. The molecule has 90 valence electrons. The van der Waals surface area contributed by atoms with Crippen molar-refractivity contribution in [2.24, 2.45) is 0 Å². The number of aryl methyl sites for hydroxylation is 2. The van der Waals surface area contributed by atoms with E-state index >= 15 is 0 Å². The van der Waals surface area contributed by atoms with Gasteiger partial charge in [0.15, 0.2) is 0 Å². The largest absolute Gasteiger partial charge is 0.466 e. The molecule has 0 aliphatic heterocycles. The summed E-state index contributed by atoms with van der Waals surface area (Å²) in [6.45, 7) is 4.41. The van der Waals surface area contributed by atoms with Crippen LogP contribution in [0.5, 0.6) is 0 Å². The van der Waals surface area contributed by atoms with Gasteiger partial charge in [-0.2, -0.15) is 0 Å². The highest BCUT2D eigenvalue weighted by Crippen LogP contribution is 2.28. The normalized spacial score (nSPS) is 13.9. The topological polar surface area (TPSA) is 26.3 Å². The third-order valence-electron chi connectivity index (χ3n) is 3.16. The molecule has 1 aromatic rings. The maximum absolute atomic E-state index is 11.4. The van der Waals surface area contributed by atoms with Crippen molar-refractivity contribution in [2.75, 3.05) is 6.61 Å². The van der Waals surface area contributed by atoms with Gasteiger partial charge in [0.2, 0.25) is 0 Å². The third kappa shape index (κ3) is 2.76. The Hall–Kier alpha value is -1.57. The lowest BCUT2D eigenvalue weighted by molar-refractivity contribution is -0.142. The maximum atomic E-state index is 11.4. The van der Waals surface area contributed by atoms with Crippen molar-refractivity contribution in [3.63, 3.8) is 0 Å². The molecule has 17 heavy (non-hydrogen) atoms. The van der Waals surface area contributed by atoms with Crippen molar-refractivity contribution >= 4 is 12.0 Å². The molecular weight excluding hydrogens is 212 g/mol. The molecule has 0 radical (unpaired) electrons. The number of ether oxygens (including phenoxy) is 1. The van der Waals surface area contributed by atoms with Gasteiger partial charge in [0.25, 0.3) is 0 Å². The molecule has 0 bridgehead atoms. The number of esters is 1. The van der Waals surface area contributed by atoms with Crippen LogP contribution in [0.15, 0.2) is 23.8 Å². The molecular formula is C15H18O2. The molecule has 0 saturated carbocycles. The quantitative estimate of drug-likeness (QED) is 0.745. The Bertz CT molecular complexity index is 458. The smallest absolute Gasteiger partial charge is 0.309 e. The van der Waals surface area contributed by atoms with E-state index in [1.54, 1.807) is 0 Å². The van der Waals surface area contributed by atoms with Gasteiger partial charge < -0.3 is 4.74 Å². The van der Waals surface area contributed by atoms with Gasteiger partial charge in [-0.3, -0.25) is 4.79 Å². The summed E-state index contributed by atoms with van der Waals surface area (Å²) in [7, 11) is 0. The van der Waals surface area contributed by atoms with Gasteiger partial charge in [-0.05, 0) is 43.4 Å². The molecule has 0 amide bonds. The Balaban J connectivity index is 2.17. The van der Waals surface area contributed by atoms with Gasteiger partial charge in [0.1, 0.15) is 0 Å². The van der Waals surface area contributed by atoms with Crippen molar-refractivity contribution in [1.29, 1.82) is 0 Å². The van der Waals surface area contributed by atoms with Crippen molar-refractivity contribution in [2.45, 2.75) is 33.1 Å². The average molecular weight is 230 g/mol. The number of carbonyl (C=O) groups is 1. The van der Waals surface area contributed by atoms with Crippen LogP contribution < -0.4 is 0 Å². The monoisotopic (exact) mass is 230 g/mol. The van der Waals surface area contributed by atoms with E-state index in [1.165, 1.54) is 22.3 Å². The molecule has 2 rings (SSSR count). The van der Waals surface area contributed by atoms with E-state index in [9.17, 15) is 4.79 Å². The summed E-state index contributed by atoms with van der Waals surface area (Å²) in [5, 5.41) is 0. The van der Waals surface area contributed by atoms with Crippen LogP contribution >= 0.6 is 0 Å². The average Bonchev–Trinajstić information content (AvgIpc) is 2.30.